The lowest BCUT2D eigenvalue weighted by Gasteiger charge is -2.25. The molecular formula is C20H22N2O2. The second kappa shape index (κ2) is 7.30. The lowest BCUT2D eigenvalue weighted by atomic mass is 10.1. The number of likely N-dealkylation sites (N-methyl/N-ethyl adjacent to an activating group) is 1. The Hall–Kier alpha value is -2.62. The summed E-state index contributed by atoms with van der Waals surface area (Å²) in [5.41, 5.74) is 3.06. The topological polar surface area (TPSA) is 49.4 Å². The number of carbonyl (C=O) groups is 2. The maximum atomic E-state index is 12.8. The van der Waals surface area contributed by atoms with Crippen LogP contribution in [0.15, 0.2) is 54.6 Å². The van der Waals surface area contributed by atoms with Gasteiger partial charge in [-0.15, -0.1) is 0 Å². The number of benzene rings is 2. The van der Waals surface area contributed by atoms with E-state index < -0.39 is 6.04 Å². The van der Waals surface area contributed by atoms with Crippen LogP contribution >= 0.6 is 0 Å². The van der Waals surface area contributed by atoms with Crippen LogP contribution in [0.2, 0.25) is 0 Å². The fraction of sp³-hybridized carbons (Fsp3) is 0.300. The van der Waals surface area contributed by atoms with Gasteiger partial charge in [0.05, 0.1) is 0 Å². The first kappa shape index (κ1) is 16.2. The zero-order valence-electron chi connectivity index (χ0n) is 13.9. The van der Waals surface area contributed by atoms with Gasteiger partial charge in [-0.2, -0.15) is 0 Å². The van der Waals surface area contributed by atoms with Crippen molar-refractivity contribution in [3.05, 3.63) is 65.7 Å². The van der Waals surface area contributed by atoms with Crippen LogP contribution in [-0.4, -0.2) is 24.4 Å². The van der Waals surface area contributed by atoms with Crippen molar-refractivity contribution in [2.24, 2.45) is 0 Å². The van der Waals surface area contributed by atoms with Gasteiger partial charge < -0.3 is 5.32 Å². The number of anilines is 1. The predicted molar refractivity (Wildman–Crippen MR) is 94.9 cm³/mol. The molecule has 0 radical (unpaired) electrons. The highest BCUT2D eigenvalue weighted by Gasteiger charge is 2.37. The van der Waals surface area contributed by atoms with E-state index in [1.165, 1.54) is 0 Å². The molecule has 4 nitrogen and oxygen atoms in total. The molecule has 2 amide bonds. The third kappa shape index (κ3) is 3.32. The molecule has 24 heavy (non-hydrogen) atoms. The number of carbonyl (C=O) groups excluding carboxylic acids is 2. The summed E-state index contributed by atoms with van der Waals surface area (Å²) in [7, 11) is 0. The summed E-state index contributed by atoms with van der Waals surface area (Å²) in [6, 6.07) is 17.3. The molecule has 0 saturated carbocycles. The SMILES string of the molecule is CCNC(=O)C1Cc2ccccc2N1C(=O)CCc1ccccc1. The van der Waals surface area contributed by atoms with Gasteiger partial charge in [0, 0.05) is 25.1 Å². The third-order valence-electron chi connectivity index (χ3n) is 4.37. The summed E-state index contributed by atoms with van der Waals surface area (Å²) in [6.07, 6.45) is 1.66. The molecule has 0 bridgehead atoms. The summed E-state index contributed by atoms with van der Waals surface area (Å²) in [6.45, 7) is 2.46. The number of aryl methyl sites for hydroxylation is 1. The Balaban J connectivity index is 1.78. The van der Waals surface area contributed by atoms with E-state index in [9.17, 15) is 9.59 Å². The van der Waals surface area contributed by atoms with Crippen LogP contribution in [0.5, 0.6) is 0 Å². The molecule has 124 valence electrons. The summed E-state index contributed by atoms with van der Waals surface area (Å²) >= 11 is 0. The molecule has 1 heterocycles. The van der Waals surface area contributed by atoms with E-state index in [0.29, 0.717) is 25.8 Å². The van der Waals surface area contributed by atoms with E-state index >= 15 is 0 Å². The molecule has 0 spiro atoms. The molecular weight excluding hydrogens is 300 g/mol. The first-order chi connectivity index (χ1) is 11.7. The van der Waals surface area contributed by atoms with E-state index in [0.717, 1.165) is 16.8 Å². The first-order valence-electron chi connectivity index (χ1n) is 8.42. The van der Waals surface area contributed by atoms with Crippen LogP contribution in [-0.2, 0) is 22.4 Å². The van der Waals surface area contributed by atoms with Gasteiger partial charge in [-0.05, 0) is 30.5 Å². The van der Waals surface area contributed by atoms with E-state index in [1.54, 1.807) is 4.90 Å². The summed E-state index contributed by atoms with van der Waals surface area (Å²) in [4.78, 5) is 26.9. The van der Waals surface area contributed by atoms with Crippen LogP contribution in [0.3, 0.4) is 0 Å². The highest BCUT2D eigenvalue weighted by molar-refractivity contribution is 6.03. The maximum Gasteiger partial charge on any atom is 0.243 e. The molecule has 0 saturated heterocycles. The third-order valence-corrected chi connectivity index (χ3v) is 4.37. The molecule has 0 aromatic heterocycles. The molecule has 1 unspecified atom stereocenters. The molecule has 1 atom stereocenters. The van der Waals surface area contributed by atoms with Crippen LogP contribution < -0.4 is 10.2 Å². The molecule has 0 fully saturated rings. The van der Waals surface area contributed by atoms with Crippen molar-refractivity contribution in [3.8, 4) is 0 Å². The average Bonchev–Trinajstić information content (AvgIpc) is 3.00. The van der Waals surface area contributed by atoms with Crippen molar-refractivity contribution < 1.29 is 9.59 Å². The molecule has 4 heteroatoms. The van der Waals surface area contributed by atoms with Crippen molar-refractivity contribution >= 4 is 17.5 Å². The Labute approximate surface area is 142 Å². The molecule has 2 aromatic rings. The van der Waals surface area contributed by atoms with Crippen molar-refractivity contribution in [3.63, 3.8) is 0 Å². The number of amides is 2. The van der Waals surface area contributed by atoms with Crippen molar-refractivity contribution in [2.45, 2.75) is 32.2 Å². The number of hydrogen-bond acceptors (Lipinski definition) is 2. The largest absolute Gasteiger partial charge is 0.355 e. The smallest absolute Gasteiger partial charge is 0.243 e. The fourth-order valence-electron chi connectivity index (χ4n) is 3.21. The molecule has 0 aliphatic carbocycles. The van der Waals surface area contributed by atoms with Crippen LogP contribution in [0.1, 0.15) is 24.5 Å². The molecule has 1 aliphatic rings. The van der Waals surface area contributed by atoms with Crippen LogP contribution in [0.4, 0.5) is 5.69 Å². The van der Waals surface area contributed by atoms with E-state index in [4.69, 9.17) is 0 Å². The Morgan fingerprint density at radius 2 is 1.79 bits per heavy atom. The Morgan fingerprint density at radius 3 is 2.54 bits per heavy atom. The minimum Gasteiger partial charge on any atom is -0.355 e. The number of hydrogen-bond donors (Lipinski definition) is 1. The highest BCUT2D eigenvalue weighted by Crippen LogP contribution is 2.32. The standard InChI is InChI=1S/C20H22N2O2/c1-2-21-20(24)18-14-16-10-6-7-11-17(16)22(18)19(23)13-12-15-8-4-3-5-9-15/h3-11,18H,2,12-14H2,1H3,(H,21,24). The van der Waals surface area contributed by atoms with E-state index in [-0.39, 0.29) is 11.8 Å². The van der Waals surface area contributed by atoms with Gasteiger partial charge in [-0.25, -0.2) is 0 Å². The van der Waals surface area contributed by atoms with Crippen LogP contribution in [0, 0.1) is 0 Å². The number of rotatable bonds is 5. The minimum atomic E-state index is -0.439. The van der Waals surface area contributed by atoms with Gasteiger partial charge in [0.1, 0.15) is 6.04 Å². The molecule has 2 aromatic carbocycles. The van der Waals surface area contributed by atoms with Gasteiger partial charge >= 0.3 is 0 Å². The summed E-state index contributed by atoms with van der Waals surface area (Å²) < 4.78 is 0. The highest BCUT2D eigenvalue weighted by atomic mass is 16.2. The van der Waals surface area contributed by atoms with Gasteiger partial charge in [-0.3, -0.25) is 14.5 Å². The lowest BCUT2D eigenvalue weighted by Crippen LogP contribution is -2.48. The van der Waals surface area contributed by atoms with Gasteiger partial charge in [0.2, 0.25) is 11.8 Å². The minimum absolute atomic E-state index is 0.0000520. The van der Waals surface area contributed by atoms with E-state index in [2.05, 4.69) is 5.32 Å². The quantitative estimate of drug-likeness (QED) is 0.920. The maximum absolute atomic E-state index is 12.8. The first-order valence-corrected chi connectivity index (χ1v) is 8.42. The van der Waals surface area contributed by atoms with Gasteiger partial charge in [-0.1, -0.05) is 48.5 Å². The molecule has 1 N–H and O–H groups in total. The van der Waals surface area contributed by atoms with Crippen molar-refractivity contribution in [2.75, 3.05) is 11.4 Å². The normalized spacial score (nSPS) is 15.9. The Kier molecular flexibility index (Phi) is 4.94. The van der Waals surface area contributed by atoms with Crippen LogP contribution in [0.25, 0.3) is 0 Å². The average molecular weight is 322 g/mol. The second-order valence-corrected chi connectivity index (χ2v) is 5.99. The van der Waals surface area contributed by atoms with Crippen molar-refractivity contribution in [1.82, 2.24) is 5.32 Å². The monoisotopic (exact) mass is 322 g/mol. The van der Waals surface area contributed by atoms with E-state index in [1.807, 2.05) is 61.5 Å². The van der Waals surface area contributed by atoms with Crippen molar-refractivity contribution in [1.29, 1.82) is 0 Å². The Bertz CT molecular complexity index is 727. The van der Waals surface area contributed by atoms with Gasteiger partial charge in [0.15, 0.2) is 0 Å². The zero-order chi connectivity index (χ0) is 16.9. The summed E-state index contributed by atoms with van der Waals surface area (Å²) in [5, 5.41) is 2.85. The predicted octanol–water partition coefficient (Wildman–Crippen LogP) is 2.71. The number of fused-ring (bicyclic) bond motifs is 1. The lowest BCUT2D eigenvalue weighted by molar-refractivity contribution is -0.126. The fourth-order valence-corrected chi connectivity index (χ4v) is 3.21. The zero-order valence-corrected chi connectivity index (χ0v) is 13.9. The Morgan fingerprint density at radius 1 is 1.08 bits per heavy atom. The second-order valence-electron chi connectivity index (χ2n) is 5.99. The molecule has 1 aliphatic heterocycles. The number of nitrogens with one attached hydrogen (secondary N) is 1. The summed E-state index contributed by atoms with van der Waals surface area (Å²) in [5.74, 6) is -0.0817. The number of nitrogens with zero attached hydrogens (tertiary/aromatic N) is 1. The molecule has 3 rings (SSSR count). The number of para-hydroxylation sites is 1. The van der Waals surface area contributed by atoms with Gasteiger partial charge in [0.25, 0.3) is 0 Å².